The van der Waals surface area contributed by atoms with Crippen molar-refractivity contribution in [1.82, 2.24) is 9.80 Å². The Morgan fingerprint density at radius 3 is 2.17 bits per heavy atom. The topological polar surface area (TPSA) is 6.48 Å². The number of nitrogens with zero attached hydrogens (tertiary/aromatic N) is 2. The summed E-state index contributed by atoms with van der Waals surface area (Å²) in [5, 5.41) is 1.20. The molecule has 1 aliphatic heterocycles. The SMILES string of the molecule is CN1CCN(CCCc2ccc(-c3ccc(Cl)c(Cl)c3)cc2)CC1. The summed E-state index contributed by atoms with van der Waals surface area (Å²) < 4.78 is 0. The van der Waals surface area contributed by atoms with E-state index in [4.69, 9.17) is 23.2 Å². The van der Waals surface area contributed by atoms with Crippen LogP contribution in [0.25, 0.3) is 11.1 Å². The molecular weight excluding hydrogens is 339 g/mol. The first-order valence-corrected chi connectivity index (χ1v) is 9.33. The van der Waals surface area contributed by atoms with E-state index in [1.807, 2.05) is 18.2 Å². The largest absolute Gasteiger partial charge is 0.304 e. The van der Waals surface area contributed by atoms with E-state index < -0.39 is 0 Å². The molecule has 1 heterocycles. The maximum Gasteiger partial charge on any atom is 0.0598 e. The monoisotopic (exact) mass is 362 g/mol. The van der Waals surface area contributed by atoms with E-state index in [0.717, 1.165) is 12.0 Å². The molecule has 3 rings (SSSR count). The Morgan fingerprint density at radius 1 is 0.833 bits per heavy atom. The van der Waals surface area contributed by atoms with E-state index in [9.17, 15) is 0 Å². The fourth-order valence-corrected chi connectivity index (χ4v) is 3.42. The number of halogens is 2. The minimum Gasteiger partial charge on any atom is -0.304 e. The van der Waals surface area contributed by atoms with Crippen molar-refractivity contribution in [2.24, 2.45) is 0 Å². The predicted octanol–water partition coefficient (Wildman–Crippen LogP) is 4.84. The molecule has 1 saturated heterocycles. The molecule has 0 bridgehead atoms. The predicted molar refractivity (Wildman–Crippen MR) is 104 cm³/mol. The first kappa shape index (κ1) is 17.8. The Bertz CT molecular complexity index is 662. The van der Waals surface area contributed by atoms with E-state index in [1.165, 1.54) is 50.3 Å². The van der Waals surface area contributed by atoms with Gasteiger partial charge in [0.05, 0.1) is 10.0 Å². The van der Waals surface area contributed by atoms with Gasteiger partial charge < -0.3 is 9.80 Å². The molecule has 0 spiro atoms. The zero-order chi connectivity index (χ0) is 16.9. The number of rotatable bonds is 5. The highest BCUT2D eigenvalue weighted by Crippen LogP contribution is 2.28. The average Bonchev–Trinajstić information content (AvgIpc) is 2.60. The van der Waals surface area contributed by atoms with Crippen molar-refractivity contribution in [3.8, 4) is 11.1 Å². The fourth-order valence-electron chi connectivity index (χ4n) is 3.12. The lowest BCUT2D eigenvalue weighted by Crippen LogP contribution is -2.44. The molecule has 2 nitrogen and oxygen atoms in total. The lowest BCUT2D eigenvalue weighted by molar-refractivity contribution is 0.153. The molecule has 1 aliphatic rings. The van der Waals surface area contributed by atoms with Crippen molar-refractivity contribution in [2.75, 3.05) is 39.8 Å². The van der Waals surface area contributed by atoms with Crippen LogP contribution in [0.15, 0.2) is 42.5 Å². The third-order valence-corrected chi connectivity index (χ3v) is 5.48. The smallest absolute Gasteiger partial charge is 0.0598 e. The third kappa shape index (κ3) is 4.73. The lowest BCUT2D eigenvalue weighted by Gasteiger charge is -2.32. The van der Waals surface area contributed by atoms with E-state index in [-0.39, 0.29) is 0 Å². The Hall–Kier alpha value is -1.06. The van der Waals surface area contributed by atoms with Crippen LogP contribution < -0.4 is 0 Å². The van der Waals surface area contributed by atoms with Gasteiger partial charge in [-0.25, -0.2) is 0 Å². The first-order chi connectivity index (χ1) is 11.6. The van der Waals surface area contributed by atoms with Crippen molar-refractivity contribution in [3.05, 3.63) is 58.1 Å². The van der Waals surface area contributed by atoms with Crippen LogP contribution in [0.4, 0.5) is 0 Å². The van der Waals surface area contributed by atoms with Gasteiger partial charge in [-0.05, 0) is 55.3 Å². The lowest BCUT2D eigenvalue weighted by atomic mass is 10.0. The van der Waals surface area contributed by atoms with Crippen molar-refractivity contribution in [2.45, 2.75) is 12.8 Å². The Morgan fingerprint density at radius 2 is 1.50 bits per heavy atom. The second-order valence-corrected chi connectivity index (χ2v) is 7.39. The van der Waals surface area contributed by atoms with Crippen molar-refractivity contribution >= 4 is 23.2 Å². The molecule has 2 aromatic carbocycles. The molecular formula is C20H24Cl2N2. The van der Waals surface area contributed by atoms with Crippen LogP contribution in [0.2, 0.25) is 10.0 Å². The number of likely N-dealkylation sites (N-methyl/N-ethyl adjacent to an activating group) is 1. The van der Waals surface area contributed by atoms with Gasteiger partial charge in [0.2, 0.25) is 0 Å². The second kappa shape index (κ2) is 8.35. The minimum atomic E-state index is 0.598. The molecule has 0 aliphatic carbocycles. The average molecular weight is 363 g/mol. The molecule has 0 amide bonds. The number of piperazine rings is 1. The zero-order valence-electron chi connectivity index (χ0n) is 14.1. The van der Waals surface area contributed by atoms with Gasteiger partial charge in [0.15, 0.2) is 0 Å². The van der Waals surface area contributed by atoms with Crippen LogP contribution in [0.1, 0.15) is 12.0 Å². The highest BCUT2D eigenvalue weighted by Gasteiger charge is 2.12. The third-order valence-electron chi connectivity index (χ3n) is 4.74. The molecule has 0 unspecified atom stereocenters. The molecule has 0 saturated carbocycles. The summed E-state index contributed by atoms with van der Waals surface area (Å²) >= 11 is 12.1. The molecule has 0 atom stereocenters. The molecule has 4 heteroatoms. The number of hydrogen-bond donors (Lipinski definition) is 0. The van der Waals surface area contributed by atoms with Gasteiger partial charge in [-0.15, -0.1) is 0 Å². The van der Waals surface area contributed by atoms with E-state index in [2.05, 4.69) is 41.1 Å². The highest BCUT2D eigenvalue weighted by atomic mass is 35.5. The van der Waals surface area contributed by atoms with Gasteiger partial charge in [0.1, 0.15) is 0 Å². The van der Waals surface area contributed by atoms with E-state index >= 15 is 0 Å². The maximum absolute atomic E-state index is 6.11. The van der Waals surface area contributed by atoms with Crippen LogP contribution >= 0.6 is 23.2 Å². The summed E-state index contributed by atoms with van der Waals surface area (Å²) in [5.74, 6) is 0. The van der Waals surface area contributed by atoms with Crippen LogP contribution in [0.5, 0.6) is 0 Å². The first-order valence-electron chi connectivity index (χ1n) is 8.57. The molecule has 128 valence electrons. The zero-order valence-corrected chi connectivity index (χ0v) is 15.7. The Kier molecular flexibility index (Phi) is 6.18. The van der Waals surface area contributed by atoms with Crippen molar-refractivity contribution in [3.63, 3.8) is 0 Å². The quantitative estimate of drug-likeness (QED) is 0.750. The summed E-state index contributed by atoms with van der Waals surface area (Å²) in [6.07, 6.45) is 2.35. The number of hydrogen-bond acceptors (Lipinski definition) is 2. The molecule has 24 heavy (non-hydrogen) atoms. The van der Waals surface area contributed by atoms with Gasteiger partial charge >= 0.3 is 0 Å². The summed E-state index contributed by atoms with van der Waals surface area (Å²) in [5.41, 5.74) is 3.68. The normalized spacial score (nSPS) is 16.5. The summed E-state index contributed by atoms with van der Waals surface area (Å²) in [6, 6.07) is 14.6. The molecule has 1 fully saturated rings. The van der Waals surface area contributed by atoms with Gasteiger partial charge in [-0.2, -0.15) is 0 Å². The second-order valence-electron chi connectivity index (χ2n) is 6.57. The Labute approximate surface area is 155 Å². The standard InChI is InChI=1S/C20H24Cl2N2/c1-23-11-13-24(14-12-23)10-2-3-16-4-6-17(7-5-16)18-8-9-19(21)20(22)15-18/h4-9,15H,2-3,10-14H2,1H3. The van der Waals surface area contributed by atoms with Crippen LogP contribution in [0.3, 0.4) is 0 Å². The number of aryl methyl sites for hydroxylation is 1. The summed E-state index contributed by atoms with van der Waals surface area (Å²) in [6.45, 7) is 5.98. The van der Waals surface area contributed by atoms with E-state index in [1.54, 1.807) is 0 Å². The number of benzene rings is 2. The van der Waals surface area contributed by atoms with Crippen molar-refractivity contribution in [1.29, 1.82) is 0 Å². The van der Waals surface area contributed by atoms with Gasteiger partial charge in [0.25, 0.3) is 0 Å². The highest BCUT2D eigenvalue weighted by molar-refractivity contribution is 6.42. The molecule has 0 aromatic heterocycles. The molecule has 0 N–H and O–H groups in total. The van der Waals surface area contributed by atoms with Crippen LogP contribution in [-0.2, 0) is 6.42 Å². The maximum atomic E-state index is 6.11. The molecule has 2 aromatic rings. The van der Waals surface area contributed by atoms with Crippen LogP contribution in [-0.4, -0.2) is 49.6 Å². The van der Waals surface area contributed by atoms with Crippen LogP contribution in [0, 0.1) is 0 Å². The fraction of sp³-hybridized carbons (Fsp3) is 0.400. The summed E-state index contributed by atoms with van der Waals surface area (Å²) in [4.78, 5) is 4.97. The van der Waals surface area contributed by atoms with Gasteiger partial charge in [-0.3, -0.25) is 0 Å². The van der Waals surface area contributed by atoms with Crippen molar-refractivity contribution < 1.29 is 0 Å². The Balaban J connectivity index is 1.52. The van der Waals surface area contributed by atoms with E-state index in [0.29, 0.717) is 10.0 Å². The van der Waals surface area contributed by atoms with Gasteiger partial charge in [-0.1, -0.05) is 53.5 Å². The molecule has 0 radical (unpaired) electrons. The summed E-state index contributed by atoms with van der Waals surface area (Å²) in [7, 11) is 2.20. The van der Waals surface area contributed by atoms with Gasteiger partial charge in [0, 0.05) is 26.2 Å². The minimum absolute atomic E-state index is 0.598.